The number of hydrogen-bond acceptors (Lipinski definition) is 4. The summed E-state index contributed by atoms with van der Waals surface area (Å²) in [6.45, 7) is 2.36. The first kappa shape index (κ1) is 18.7. The molecule has 0 radical (unpaired) electrons. The summed E-state index contributed by atoms with van der Waals surface area (Å²) < 4.78 is 20.0. The summed E-state index contributed by atoms with van der Waals surface area (Å²) in [6, 6.07) is 11.5. The maximum absolute atomic E-state index is 13.8. The van der Waals surface area contributed by atoms with E-state index in [9.17, 15) is 14.0 Å². The monoisotopic (exact) mass is 435 g/mol. The molecule has 7 heteroatoms. The highest BCUT2D eigenvalue weighted by Gasteiger charge is 2.35. The molecular weight excluding hydrogens is 421 g/mol. The summed E-state index contributed by atoms with van der Waals surface area (Å²) in [4.78, 5) is 26.1. The van der Waals surface area contributed by atoms with Crippen molar-refractivity contribution in [3.63, 3.8) is 0 Å². The summed E-state index contributed by atoms with van der Waals surface area (Å²) in [5, 5.41) is -0.408. The zero-order valence-corrected chi connectivity index (χ0v) is 16.3. The van der Waals surface area contributed by atoms with Crippen molar-refractivity contribution in [2.75, 3.05) is 6.61 Å². The lowest BCUT2D eigenvalue weighted by Crippen LogP contribution is -2.27. The second kappa shape index (κ2) is 8.05. The Morgan fingerprint density at radius 3 is 2.69 bits per heavy atom. The Hall–Kier alpha value is -2.12. The smallest absolute Gasteiger partial charge is 0.293 e. The zero-order valence-electron chi connectivity index (χ0n) is 13.9. The third kappa shape index (κ3) is 3.99. The zero-order chi connectivity index (χ0) is 18.7. The van der Waals surface area contributed by atoms with Crippen LogP contribution in [0.4, 0.5) is 9.18 Å². The number of carbonyl (C=O) groups excluding carboxylic acids is 2. The minimum atomic E-state index is -0.439. The van der Waals surface area contributed by atoms with Gasteiger partial charge in [0.1, 0.15) is 11.6 Å². The molecular formula is C19H15BrFNO3S. The molecule has 0 bridgehead atoms. The molecule has 1 heterocycles. The van der Waals surface area contributed by atoms with Gasteiger partial charge in [0.15, 0.2) is 0 Å². The van der Waals surface area contributed by atoms with Crippen LogP contribution in [-0.2, 0) is 11.3 Å². The van der Waals surface area contributed by atoms with Gasteiger partial charge in [0.05, 0.1) is 22.5 Å². The van der Waals surface area contributed by atoms with Crippen molar-refractivity contribution in [2.45, 2.75) is 13.5 Å². The van der Waals surface area contributed by atoms with Crippen LogP contribution in [0.1, 0.15) is 18.1 Å². The fourth-order valence-electron chi connectivity index (χ4n) is 2.46. The maximum atomic E-state index is 13.8. The van der Waals surface area contributed by atoms with Gasteiger partial charge in [0.2, 0.25) is 0 Å². The number of imide groups is 1. The highest BCUT2D eigenvalue weighted by molar-refractivity contribution is 9.10. The minimum Gasteiger partial charge on any atom is -0.493 e. The molecule has 26 heavy (non-hydrogen) atoms. The van der Waals surface area contributed by atoms with Crippen molar-refractivity contribution < 1.29 is 18.7 Å². The Bertz CT molecular complexity index is 900. The van der Waals surface area contributed by atoms with Gasteiger partial charge in [-0.15, -0.1) is 0 Å². The lowest BCUT2D eigenvalue weighted by Gasteiger charge is -2.12. The second-order valence-corrected chi connectivity index (χ2v) is 7.33. The molecule has 0 spiro atoms. The van der Waals surface area contributed by atoms with Crippen LogP contribution in [0, 0.1) is 5.82 Å². The standard InChI is InChI=1S/C19H15BrFNO3S/c1-2-25-16-8-7-12(9-14(16)20)10-17-18(23)22(19(24)26-17)11-13-5-3-4-6-15(13)21/h3-10H,2,11H2,1H3/b17-10-. The number of ether oxygens (including phenoxy) is 1. The Kier molecular flexibility index (Phi) is 5.78. The molecule has 1 aliphatic rings. The molecule has 0 unspecified atom stereocenters. The Labute approximate surface area is 163 Å². The van der Waals surface area contributed by atoms with Crippen LogP contribution in [0.5, 0.6) is 5.75 Å². The Morgan fingerprint density at radius 1 is 1.23 bits per heavy atom. The second-order valence-electron chi connectivity index (χ2n) is 5.48. The molecule has 1 aliphatic heterocycles. The first-order chi connectivity index (χ1) is 12.5. The van der Waals surface area contributed by atoms with Gasteiger partial charge in [-0.1, -0.05) is 24.3 Å². The fraction of sp³-hybridized carbons (Fsp3) is 0.158. The molecule has 2 aromatic carbocycles. The Balaban J connectivity index is 1.81. The van der Waals surface area contributed by atoms with E-state index in [1.165, 1.54) is 6.07 Å². The Morgan fingerprint density at radius 2 is 2.00 bits per heavy atom. The maximum Gasteiger partial charge on any atom is 0.293 e. The molecule has 0 aromatic heterocycles. The predicted octanol–water partition coefficient (Wildman–Crippen LogP) is 5.22. The SMILES string of the molecule is CCOc1ccc(/C=C2\SC(=O)N(Cc3ccccc3F)C2=O)cc1Br. The number of amides is 2. The number of rotatable bonds is 5. The van der Waals surface area contributed by atoms with Gasteiger partial charge in [-0.05, 0) is 64.5 Å². The van der Waals surface area contributed by atoms with Crippen LogP contribution in [-0.4, -0.2) is 22.7 Å². The average molecular weight is 436 g/mol. The highest BCUT2D eigenvalue weighted by atomic mass is 79.9. The summed E-state index contributed by atoms with van der Waals surface area (Å²) >= 11 is 4.28. The fourth-order valence-corrected chi connectivity index (χ4v) is 3.81. The summed E-state index contributed by atoms with van der Waals surface area (Å²) in [7, 11) is 0. The number of hydrogen-bond donors (Lipinski definition) is 0. The molecule has 0 aliphatic carbocycles. The van der Waals surface area contributed by atoms with Crippen molar-refractivity contribution >= 4 is 44.9 Å². The third-order valence-corrected chi connectivity index (χ3v) is 5.24. The lowest BCUT2D eigenvalue weighted by atomic mass is 10.2. The normalized spacial score (nSPS) is 15.8. The van der Waals surface area contributed by atoms with E-state index in [0.717, 1.165) is 26.7 Å². The van der Waals surface area contributed by atoms with Gasteiger partial charge in [0, 0.05) is 5.56 Å². The molecule has 2 aromatic rings. The minimum absolute atomic E-state index is 0.0817. The van der Waals surface area contributed by atoms with E-state index in [1.807, 2.05) is 13.0 Å². The van der Waals surface area contributed by atoms with Crippen molar-refractivity contribution in [3.8, 4) is 5.75 Å². The van der Waals surface area contributed by atoms with Crippen LogP contribution < -0.4 is 4.74 Å². The number of carbonyl (C=O) groups is 2. The van der Waals surface area contributed by atoms with Crippen LogP contribution in [0.25, 0.3) is 6.08 Å². The topological polar surface area (TPSA) is 46.6 Å². The molecule has 0 N–H and O–H groups in total. The van der Waals surface area contributed by atoms with Gasteiger partial charge in [0.25, 0.3) is 11.1 Å². The average Bonchev–Trinajstić information content (AvgIpc) is 2.87. The molecule has 134 valence electrons. The number of nitrogens with zero attached hydrogens (tertiary/aromatic N) is 1. The van der Waals surface area contributed by atoms with Gasteiger partial charge in [-0.3, -0.25) is 14.5 Å². The molecule has 1 fully saturated rings. The quantitative estimate of drug-likeness (QED) is 0.603. The van der Waals surface area contributed by atoms with E-state index in [2.05, 4.69) is 15.9 Å². The number of benzene rings is 2. The van der Waals surface area contributed by atoms with Gasteiger partial charge in [-0.25, -0.2) is 4.39 Å². The van der Waals surface area contributed by atoms with Gasteiger partial charge >= 0.3 is 0 Å². The molecule has 0 atom stereocenters. The number of thioether (sulfide) groups is 1. The third-order valence-electron chi connectivity index (χ3n) is 3.71. The summed E-state index contributed by atoms with van der Waals surface area (Å²) in [5.41, 5.74) is 1.07. The molecule has 4 nitrogen and oxygen atoms in total. The first-order valence-corrected chi connectivity index (χ1v) is 9.51. The number of halogens is 2. The lowest BCUT2D eigenvalue weighted by molar-refractivity contribution is -0.123. The van der Waals surface area contributed by atoms with E-state index in [0.29, 0.717) is 22.8 Å². The van der Waals surface area contributed by atoms with Crippen LogP contribution in [0.3, 0.4) is 0 Å². The molecule has 3 rings (SSSR count). The van der Waals surface area contributed by atoms with Crippen molar-refractivity contribution in [3.05, 3.63) is 68.8 Å². The highest BCUT2D eigenvalue weighted by Crippen LogP contribution is 2.34. The van der Waals surface area contributed by atoms with Gasteiger partial charge in [-0.2, -0.15) is 0 Å². The van der Waals surface area contributed by atoms with Crippen molar-refractivity contribution in [1.82, 2.24) is 4.90 Å². The van der Waals surface area contributed by atoms with Crippen molar-refractivity contribution in [1.29, 1.82) is 0 Å². The van der Waals surface area contributed by atoms with Gasteiger partial charge < -0.3 is 4.74 Å². The first-order valence-electron chi connectivity index (χ1n) is 7.90. The van der Waals surface area contributed by atoms with Crippen LogP contribution in [0.15, 0.2) is 51.8 Å². The molecule has 2 amide bonds. The van der Waals surface area contributed by atoms with Crippen LogP contribution in [0.2, 0.25) is 0 Å². The van der Waals surface area contributed by atoms with Crippen molar-refractivity contribution in [2.24, 2.45) is 0 Å². The predicted molar refractivity (Wildman–Crippen MR) is 103 cm³/mol. The molecule has 1 saturated heterocycles. The van der Waals surface area contributed by atoms with E-state index >= 15 is 0 Å². The molecule has 0 saturated carbocycles. The largest absolute Gasteiger partial charge is 0.493 e. The van der Waals surface area contributed by atoms with E-state index < -0.39 is 17.0 Å². The summed E-state index contributed by atoms with van der Waals surface area (Å²) in [6.07, 6.45) is 1.65. The van der Waals surface area contributed by atoms with Crippen LogP contribution >= 0.6 is 27.7 Å². The van der Waals surface area contributed by atoms with E-state index in [4.69, 9.17) is 4.74 Å². The van der Waals surface area contributed by atoms with E-state index in [1.54, 1.807) is 36.4 Å². The summed E-state index contributed by atoms with van der Waals surface area (Å²) in [5.74, 6) is -0.156. The van der Waals surface area contributed by atoms with E-state index in [-0.39, 0.29) is 6.54 Å².